The maximum atomic E-state index is 13.2. The summed E-state index contributed by atoms with van der Waals surface area (Å²) in [6.07, 6.45) is 4.63. The van der Waals surface area contributed by atoms with Crippen LogP contribution in [0.5, 0.6) is 0 Å². The van der Waals surface area contributed by atoms with Crippen LogP contribution in [0.25, 0.3) is 0 Å². The van der Waals surface area contributed by atoms with E-state index < -0.39 is 0 Å². The lowest BCUT2D eigenvalue weighted by molar-refractivity contribution is -0.140. The summed E-state index contributed by atoms with van der Waals surface area (Å²) < 4.78 is 21.2. The van der Waals surface area contributed by atoms with E-state index in [2.05, 4.69) is 10.00 Å². The number of carbonyl (C=O) groups is 1. The average molecular weight is 372 g/mol. The molecule has 2 saturated heterocycles. The summed E-state index contributed by atoms with van der Waals surface area (Å²) in [5.74, 6) is -0.363. The highest BCUT2D eigenvalue weighted by molar-refractivity contribution is 5.95. The van der Waals surface area contributed by atoms with Crippen LogP contribution in [-0.2, 0) is 23.1 Å². The summed E-state index contributed by atoms with van der Waals surface area (Å²) in [4.78, 5) is 16.6. The first kappa shape index (κ1) is 18.1. The zero-order chi connectivity index (χ0) is 18.9. The molecule has 0 aliphatic carbocycles. The van der Waals surface area contributed by atoms with Gasteiger partial charge in [-0.1, -0.05) is 0 Å². The molecule has 1 aromatic heterocycles. The van der Waals surface area contributed by atoms with E-state index >= 15 is 0 Å². The SMILES string of the molecule is Cn1nccc1CN1CCCC2(CC1)CN(c1ccc(F)cc1)C(=O)CO2. The van der Waals surface area contributed by atoms with Crippen LogP contribution in [0, 0.1) is 5.82 Å². The quantitative estimate of drug-likeness (QED) is 0.830. The predicted octanol–water partition coefficient (Wildman–Crippen LogP) is 2.35. The van der Waals surface area contributed by atoms with Gasteiger partial charge in [0.05, 0.1) is 17.8 Å². The van der Waals surface area contributed by atoms with Crippen molar-refractivity contribution in [3.63, 3.8) is 0 Å². The molecule has 1 spiro atoms. The van der Waals surface area contributed by atoms with E-state index in [9.17, 15) is 9.18 Å². The molecule has 1 unspecified atom stereocenters. The highest BCUT2D eigenvalue weighted by Crippen LogP contribution is 2.33. The number of aryl methyl sites for hydroxylation is 1. The van der Waals surface area contributed by atoms with Crippen LogP contribution in [0.1, 0.15) is 25.0 Å². The van der Waals surface area contributed by atoms with Crippen LogP contribution in [-0.4, -0.2) is 52.4 Å². The van der Waals surface area contributed by atoms with E-state index in [0.29, 0.717) is 6.54 Å². The fraction of sp³-hybridized carbons (Fsp3) is 0.500. The molecule has 4 rings (SSSR count). The van der Waals surface area contributed by atoms with Gasteiger partial charge >= 0.3 is 0 Å². The molecule has 1 atom stereocenters. The van der Waals surface area contributed by atoms with Gasteiger partial charge < -0.3 is 9.64 Å². The monoisotopic (exact) mass is 372 g/mol. The summed E-state index contributed by atoms with van der Waals surface area (Å²) in [6.45, 7) is 3.39. The summed E-state index contributed by atoms with van der Waals surface area (Å²) >= 11 is 0. The lowest BCUT2D eigenvalue weighted by Gasteiger charge is -2.42. The maximum absolute atomic E-state index is 13.2. The fourth-order valence-corrected chi connectivity index (χ4v) is 4.04. The highest BCUT2D eigenvalue weighted by Gasteiger charge is 2.41. The number of rotatable bonds is 3. The van der Waals surface area contributed by atoms with Crippen LogP contribution in [0.15, 0.2) is 36.5 Å². The van der Waals surface area contributed by atoms with E-state index in [1.54, 1.807) is 17.0 Å². The Kier molecular flexibility index (Phi) is 4.97. The van der Waals surface area contributed by atoms with Crippen LogP contribution in [0.2, 0.25) is 0 Å². The average Bonchev–Trinajstić information content (AvgIpc) is 2.96. The number of aromatic nitrogens is 2. The smallest absolute Gasteiger partial charge is 0.253 e. The van der Waals surface area contributed by atoms with Gasteiger partial charge in [0, 0.05) is 32.0 Å². The standard InChI is InChI=1S/C20H25FN4O2/c1-23-18(7-10-22-23)13-24-11-2-8-20(9-12-24)15-25(19(26)14-27-20)17-5-3-16(21)4-6-17/h3-7,10H,2,8-9,11-15H2,1H3. The minimum Gasteiger partial charge on any atom is -0.363 e. The molecule has 1 aromatic carbocycles. The van der Waals surface area contributed by atoms with Gasteiger partial charge in [0.1, 0.15) is 12.4 Å². The number of amides is 1. The third kappa shape index (κ3) is 3.89. The second-order valence-electron chi connectivity index (χ2n) is 7.50. The number of nitrogens with zero attached hydrogens (tertiary/aromatic N) is 4. The van der Waals surface area contributed by atoms with Crippen molar-refractivity contribution < 1.29 is 13.9 Å². The first-order valence-electron chi connectivity index (χ1n) is 9.44. The Hall–Kier alpha value is -2.25. The second-order valence-corrected chi connectivity index (χ2v) is 7.50. The first-order valence-corrected chi connectivity index (χ1v) is 9.44. The maximum Gasteiger partial charge on any atom is 0.253 e. The van der Waals surface area contributed by atoms with Gasteiger partial charge in [0.15, 0.2) is 0 Å². The number of morpholine rings is 1. The molecule has 0 bridgehead atoms. The van der Waals surface area contributed by atoms with Gasteiger partial charge in [-0.3, -0.25) is 14.4 Å². The number of hydrogen-bond acceptors (Lipinski definition) is 4. The highest BCUT2D eigenvalue weighted by atomic mass is 19.1. The van der Waals surface area contributed by atoms with E-state index in [0.717, 1.165) is 44.6 Å². The lowest BCUT2D eigenvalue weighted by Crippen LogP contribution is -2.55. The molecule has 0 N–H and O–H groups in total. The van der Waals surface area contributed by atoms with Crippen molar-refractivity contribution in [3.05, 3.63) is 48.0 Å². The van der Waals surface area contributed by atoms with Crippen molar-refractivity contribution in [3.8, 4) is 0 Å². The van der Waals surface area contributed by atoms with E-state index in [-0.39, 0.29) is 23.9 Å². The topological polar surface area (TPSA) is 50.6 Å². The van der Waals surface area contributed by atoms with Gasteiger partial charge in [-0.15, -0.1) is 0 Å². The first-order chi connectivity index (χ1) is 13.0. The van der Waals surface area contributed by atoms with Gasteiger partial charge in [0.2, 0.25) is 0 Å². The van der Waals surface area contributed by atoms with Crippen molar-refractivity contribution in [2.45, 2.75) is 31.4 Å². The second kappa shape index (κ2) is 7.40. The summed E-state index contributed by atoms with van der Waals surface area (Å²) in [6, 6.07) is 8.17. The molecule has 6 nitrogen and oxygen atoms in total. The molecule has 2 aliphatic rings. The van der Waals surface area contributed by atoms with Gasteiger partial charge in [-0.05, 0) is 56.1 Å². The minimum absolute atomic E-state index is 0.0665. The number of halogens is 1. The van der Waals surface area contributed by atoms with Crippen molar-refractivity contribution >= 4 is 11.6 Å². The minimum atomic E-state index is -0.330. The van der Waals surface area contributed by atoms with E-state index in [4.69, 9.17) is 4.74 Å². The number of hydrogen-bond donors (Lipinski definition) is 0. The van der Waals surface area contributed by atoms with Crippen molar-refractivity contribution in [1.29, 1.82) is 0 Å². The third-order valence-electron chi connectivity index (χ3n) is 5.69. The van der Waals surface area contributed by atoms with Crippen LogP contribution in [0.3, 0.4) is 0 Å². The Labute approximate surface area is 158 Å². The molecule has 2 aromatic rings. The summed E-state index contributed by atoms with van der Waals surface area (Å²) in [5.41, 5.74) is 1.60. The molecular weight excluding hydrogens is 347 g/mol. The lowest BCUT2D eigenvalue weighted by atomic mass is 9.92. The molecule has 2 fully saturated rings. The molecule has 144 valence electrons. The van der Waals surface area contributed by atoms with E-state index in [1.165, 1.54) is 17.8 Å². The fourth-order valence-electron chi connectivity index (χ4n) is 4.04. The normalized spacial score (nSPS) is 24.4. The Morgan fingerprint density at radius 1 is 1.19 bits per heavy atom. The van der Waals surface area contributed by atoms with E-state index in [1.807, 2.05) is 24.0 Å². The third-order valence-corrected chi connectivity index (χ3v) is 5.69. The molecule has 0 radical (unpaired) electrons. The molecule has 0 saturated carbocycles. The Bertz CT molecular complexity index is 807. The number of anilines is 1. The zero-order valence-electron chi connectivity index (χ0n) is 15.6. The van der Waals surface area contributed by atoms with Crippen LogP contribution in [0.4, 0.5) is 10.1 Å². The van der Waals surface area contributed by atoms with Crippen LogP contribution < -0.4 is 4.90 Å². The molecule has 3 heterocycles. The van der Waals surface area contributed by atoms with Crippen molar-refractivity contribution in [1.82, 2.24) is 14.7 Å². The number of benzene rings is 1. The van der Waals surface area contributed by atoms with Gasteiger partial charge in [-0.25, -0.2) is 4.39 Å². The number of carbonyl (C=O) groups excluding carboxylic acids is 1. The Balaban J connectivity index is 1.45. The van der Waals surface area contributed by atoms with Gasteiger partial charge in [0.25, 0.3) is 5.91 Å². The molecule has 27 heavy (non-hydrogen) atoms. The van der Waals surface area contributed by atoms with Gasteiger partial charge in [-0.2, -0.15) is 5.10 Å². The van der Waals surface area contributed by atoms with Crippen molar-refractivity contribution in [2.75, 3.05) is 31.1 Å². The molecule has 2 aliphatic heterocycles. The Morgan fingerprint density at radius 2 is 2.00 bits per heavy atom. The molecular formula is C20H25FN4O2. The summed E-state index contributed by atoms with van der Waals surface area (Å²) in [7, 11) is 1.96. The number of likely N-dealkylation sites (tertiary alicyclic amines) is 1. The van der Waals surface area contributed by atoms with Crippen LogP contribution >= 0.6 is 0 Å². The number of ether oxygens (including phenoxy) is 1. The largest absolute Gasteiger partial charge is 0.363 e. The molecule has 7 heteroatoms. The Morgan fingerprint density at radius 3 is 2.74 bits per heavy atom. The summed E-state index contributed by atoms with van der Waals surface area (Å²) in [5, 5.41) is 4.24. The van der Waals surface area contributed by atoms with Crippen molar-refractivity contribution in [2.24, 2.45) is 7.05 Å². The molecule has 1 amide bonds. The zero-order valence-corrected chi connectivity index (χ0v) is 15.6. The predicted molar refractivity (Wildman–Crippen MR) is 99.8 cm³/mol.